The summed E-state index contributed by atoms with van der Waals surface area (Å²) in [4.78, 5) is 18.5. The molecule has 2 aromatic rings. The fourth-order valence-corrected chi connectivity index (χ4v) is 1.93. The quantitative estimate of drug-likeness (QED) is 0.767. The Morgan fingerprint density at radius 3 is 2.89 bits per heavy atom. The Balaban J connectivity index is 2.00. The number of aromatic nitrogens is 2. The van der Waals surface area contributed by atoms with E-state index < -0.39 is 11.5 Å². The zero-order chi connectivity index (χ0) is 14.0. The molecule has 1 heterocycles. The summed E-state index contributed by atoms with van der Waals surface area (Å²) >= 11 is 0. The Morgan fingerprint density at radius 1 is 1.47 bits per heavy atom. The van der Waals surface area contributed by atoms with E-state index in [-0.39, 0.29) is 0 Å². The zero-order valence-electron chi connectivity index (χ0n) is 11.4. The lowest BCUT2D eigenvalue weighted by Gasteiger charge is -2.20. The second kappa shape index (κ2) is 5.01. The molecule has 0 aliphatic carbocycles. The lowest BCUT2D eigenvalue weighted by atomic mass is 10.1. The summed E-state index contributed by atoms with van der Waals surface area (Å²) in [6.07, 6.45) is 0.782. The van der Waals surface area contributed by atoms with Gasteiger partial charge in [-0.25, -0.2) is 4.98 Å². The van der Waals surface area contributed by atoms with Crippen LogP contribution in [-0.2, 0) is 11.2 Å². The minimum Gasteiger partial charge on any atom is -0.480 e. The highest BCUT2D eigenvalue weighted by Gasteiger charge is 2.25. The Labute approximate surface area is 112 Å². The van der Waals surface area contributed by atoms with E-state index in [1.165, 1.54) is 0 Å². The van der Waals surface area contributed by atoms with Crippen molar-refractivity contribution in [2.24, 2.45) is 0 Å². The Hall–Kier alpha value is -1.88. The molecular formula is C14H19N3O2. The molecule has 0 aliphatic rings. The van der Waals surface area contributed by atoms with Gasteiger partial charge in [-0.05, 0) is 44.9 Å². The number of hydrogen-bond acceptors (Lipinski definition) is 3. The number of aromatic amines is 1. The molecule has 102 valence electrons. The summed E-state index contributed by atoms with van der Waals surface area (Å²) in [6, 6.07) is 6.07. The number of aliphatic carboxylic acids is 1. The number of benzene rings is 1. The van der Waals surface area contributed by atoms with Gasteiger partial charge in [0.25, 0.3) is 0 Å². The molecule has 1 aromatic heterocycles. The van der Waals surface area contributed by atoms with Gasteiger partial charge in [-0.15, -0.1) is 0 Å². The molecule has 5 heteroatoms. The summed E-state index contributed by atoms with van der Waals surface area (Å²) in [5.41, 5.74) is 2.24. The number of hydrogen-bond donors (Lipinski definition) is 3. The van der Waals surface area contributed by atoms with Crippen LogP contribution in [0.3, 0.4) is 0 Å². The highest BCUT2D eigenvalue weighted by molar-refractivity contribution is 5.77. The van der Waals surface area contributed by atoms with E-state index in [4.69, 9.17) is 5.11 Å². The topological polar surface area (TPSA) is 78.0 Å². The van der Waals surface area contributed by atoms with Gasteiger partial charge in [0.05, 0.1) is 11.0 Å². The number of nitrogens with zero attached hydrogens (tertiary/aromatic N) is 1. The van der Waals surface area contributed by atoms with Crippen molar-refractivity contribution in [3.05, 3.63) is 29.6 Å². The van der Waals surface area contributed by atoms with E-state index in [1.54, 1.807) is 13.8 Å². The summed E-state index contributed by atoms with van der Waals surface area (Å²) in [7, 11) is 0. The minimum absolute atomic E-state index is 0.623. The summed E-state index contributed by atoms with van der Waals surface area (Å²) < 4.78 is 0. The van der Waals surface area contributed by atoms with Gasteiger partial charge in [-0.1, -0.05) is 6.07 Å². The van der Waals surface area contributed by atoms with Crippen molar-refractivity contribution in [2.75, 3.05) is 6.54 Å². The number of carbonyl (C=O) groups is 1. The van der Waals surface area contributed by atoms with Crippen LogP contribution in [0.2, 0.25) is 0 Å². The van der Waals surface area contributed by atoms with Crippen molar-refractivity contribution >= 4 is 17.0 Å². The van der Waals surface area contributed by atoms with Crippen LogP contribution >= 0.6 is 0 Å². The van der Waals surface area contributed by atoms with Gasteiger partial charge < -0.3 is 15.4 Å². The molecule has 0 unspecified atom stereocenters. The Kier molecular flexibility index (Phi) is 3.57. The monoisotopic (exact) mass is 261 g/mol. The summed E-state index contributed by atoms with van der Waals surface area (Å²) in [6.45, 7) is 5.88. The van der Waals surface area contributed by atoms with E-state index in [1.807, 2.05) is 19.1 Å². The number of H-pyrrole nitrogens is 1. The molecule has 0 radical (unpaired) electrons. The van der Waals surface area contributed by atoms with Gasteiger partial charge in [0.2, 0.25) is 0 Å². The van der Waals surface area contributed by atoms with Crippen LogP contribution < -0.4 is 5.32 Å². The van der Waals surface area contributed by atoms with Crippen molar-refractivity contribution in [1.29, 1.82) is 0 Å². The molecule has 1 aromatic carbocycles. The maximum absolute atomic E-state index is 11.0. The molecule has 2 rings (SSSR count). The lowest BCUT2D eigenvalue weighted by molar-refractivity contribution is -0.143. The second-order valence-electron chi connectivity index (χ2n) is 5.28. The average Bonchev–Trinajstić information content (AvgIpc) is 2.68. The second-order valence-corrected chi connectivity index (χ2v) is 5.28. The number of imidazole rings is 1. The molecule has 19 heavy (non-hydrogen) atoms. The van der Waals surface area contributed by atoms with Crippen LogP contribution in [0.15, 0.2) is 18.2 Å². The molecule has 0 fully saturated rings. The third-order valence-electron chi connectivity index (χ3n) is 3.18. The summed E-state index contributed by atoms with van der Waals surface area (Å²) in [5, 5.41) is 12.0. The standard InChI is InChI=1S/C14H19N3O2/c1-9-16-11-5-4-10(8-12(11)17-9)6-7-15-14(2,3)13(18)19/h4-5,8,15H,6-7H2,1-3H3,(H,16,17)(H,18,19). The van der Waals surface area contributed by atoms with E-state index in [2.05, 4.69) is 21.4 Å². The molecule has 5 nitrogen and oxygen atoms in total. The van der Waals surface area contributed by atoms with Crippen LogP contribution in [0, 0.1) is 6.92 Å². The van der Waals surface area contributed by atoms with Crippen LogP contribution in [0.4, 0.5) is 0 Å². The van der Waals surface area contributed by atoms with Gasteiger partial charge in [-0.2, -0.15) is 0 Å². The minimum atomic E-state index is -0.894. The normalized spacial score (nSPS) is 11.9. The van der Waals surface area contributed by atoms with Gasteiger partial charge in [0.1, 0.15) is 11.4 Å². The van der Waals surface area contributed by atoms with Crippen molar-refractivity contribution in [3.63, 3.8) is 0 Å². The third-order valence-corrected chi connectivity index (χ3v) is 3.18. The van der Waals surface area contributed by atoms with Crippen LogP contribution in [-0.4, -0.2) is 33.1 Å². The largest absolute Gasteiger partial charge is 0.480 e. The molecule has 0 bridgehead atoms. The number of fused-ring (bicyclic) bond motifs is 1. The van der Waals surface area contributed by atoms with Gasteiger partial charge in [-0.3, -0.25) is 4.79 Å². The number of aryl methyl sites for hydroxylation is 1. The van der Waals surface area contributed by atoms with E-state index >= 15 is 0 Å². The smallest absolute Gasteiger partial charge is 0.323 e. The zero-order valence-corrected chi connectivity index (χ0v) is 11.4. The predicted octanol–water partition coefficient (Wildman–Crippen LogP) is 1.87. The van der Waals surface area contributed by atoms with E-state index in [0.29, 0.717) is 6.54 Å². The van der Waals surface area contributed by atoms with Crippen LogP contribution in [0.25, 0.3) is 11.0 Å². The lowest BCUT2D eigenvalue weighted by Crippen LogP contribution is -2.47. The first kappa shape index (κ1) is 13.5. The molecular weight excluding hydrogens is 242 g/mol. The maximum Gasteiger partial charge on any atom is 0.323 e. The van der Waals surface area contributed by atoms with Crippen molar-refractivity contribution < 1.29 is 9.90 Å². The Morgan fingerprint density at radius 2 is 2.21 bits per heavy atom. The number of carboxylic acids is 1. The molecule has 0 spiro atoms. The fraction of sp³-hybridized carbons (Fsp3) is 0.429. The number of nitrogens with one attached hydrogen (secondary N) is 2. The van der Waals surface area contributed by atoms with E-state index in [0.717, 1.165) is 28.8 Å². The highest BCUT2D eigenvalue weighted by Crippen LogP contribution is 2.14. The van der Waals surface area contributed by atoms with E-state index in [9.17, 15) is 4.79 Å². The molecule has 0 aliphatic heterocycles. The fourth-order valence-electron chi connectivity index (χ4n) is 1.93. The van der Waals surface area contributed by atoms with Crippen molar-refractivity contribution in [2.45, 2.75) is 32.7 Å². The van der Waals surface area contributed by atoms with Crippen LogP contribution in [0.5, 0.6) is 0 Å². The highest BCUT2D eigenvalue weighted by atomic mass is 16.4. The SMILES string of the molecule is Cc1nc2ccc(CCNC(C)(C)C(=O)O)cc2[nH]1. The summed E-state index contributed by atoms with van der Waals surface area (Å²) in [5.74, 6) is 0.0597. The third kappa shape index (κ3) is 3.12. The average molecular weight is 261 g/mol. The first-order valence-electron chi connectivity index (χ1n) is 6.32. The first-order chi connectivity index (χ1) is 8.88. The first-order valence-corrected chi connectivity index (χ1v) is 6.32. The molecule has 0 saturated heterocycles. The van der Waals surface area contributed by atoms with Gasteiger partial charge >= 0.3 is 5.97 Å². The molecule has 0 atom stereocenters. The molecule has 0 saturated carbocycles. The number of carboxylic acid groups (broad SMARTS) is 1. The molecule has 3 N–H and O–H groups in total. The Bertz CT molecular complexity index is 602. The van der Waals surface area contributed by atoms with Gasteiger partial charge in [0, 0.05) is 6.54 Å². The van der Waals surface area contributed by atoms with Crippen molar-refractivity contribution in [1.82, 2.24) is 15.3 Å². The number of rotatable bonds is 5. The molecule has 0 amide bonds. The van der Waals surface area contributed by atoms with Gasteiger partial charge in [0.15, 0.2) is 0 Å². The maximum atomic E-state index is 11.0. The predicted molar refractivity (Wildman–Crippen MR) is 74.3 cm³/mol. The van der Waals surface area contributed by atoms with Crippen molar-refractivity contribution in [3.8, 4) is 0 Å². The van der Waals surface area contributed by atoms with Crippen LogP contribution in [0.1, 0.15) is 25.2 Å².